The smallest absolute Gasteiger partial charge is 0.273 e. The molecule has 1 heterocycles. The van der Waals surface area contributed by atoms with E-state index in [0.717, 1.165) is 19.4 Å². The molecule has 5 nitrogen and oxygen atoms in total. The van der Waals surface area contributed by atoms with Gasteiger partial charge < -0.3 is 5.32 Å². The fourth-order valence-electron chi connectivity index (χ4n) is 2.42. The number of hydrogen-bond acceptors (Lipinski definition) is 3. The highest BCUT2D eigenvalue weighted by molar-refractivity contribution is 5.92. The monoisotopic (exact) mass is 264 g/mol. The van der Waals surface area contributed by atoms with Crippen molar-refractivity contribution in [1.29, 1.82) is 0 Å². The number of aromatic nitrogens is 3. The Morgan fingerprint density at radius 1 is 1.53 bits per heavy atom. The third-order valence-corrected chi connectivity index (χ3v) is 4.07. The Balaban J connectivity index is 1.93. The lowest BCUT2D eigenvalue weighted by Gasteiger charge is -2.40. The number of aryl methyl sites for hydroxylation is 1. The molecular formula is C14H24N4O. The summed E-state index contributed by atoms with van der Waals surface area (Å²) >= 11 is 0. The van der Waals surface area contributed by atoms with Crippen LogP contribution in [0.25, 0.3) is 0 Å². The van der Waals surface area contributed by atoms with E-state index in [0.29, 0.717) is 11.6 Å². The predicted molar refractivity (Wildman–Crippen MR) is 73.8 cm³/mol. The highest BCUT2D eigenvalue weighted by atomic mass is 16.2. The van der Waals surface area contributed by atoms with Gasteiger partial charge in [0.25, 0.3) is 5.91 Å². The molecule has 0 aliphatic heterocycles. The van der Waals surface area contributed by atoms with Crippen LogP contribution in [0.1, 0.15) is 63.4 Å². The highest BCUT2D eigenvalue weighted by Crippen LogP contribution is 2.35. The Labute approximate surface area is 114 Å². The number of carbonyl (C=O) groups is 1. The molecule has 1 aromatic heterocycles. The number of rotatable bonds is 6. The molecule has 1 fully saturated rings. The van der Waals surface area contributed by atoms with E-state index in [1.165, 1.54) is 19.3 Å². The Bertz CT molecular complexity index is 434. The fourth-order valence-corrected chi connectivity index (χ4v) is 2.42. The fraction of sp³-hybridized carbons (Fsp3) is 0.786. The van der Waals surface area contributed by atoms with Gasteiger partial charge in [-0.15, -0.1) is 5.10 Å². The molecule has 1 aliphatic rings. The highest BCUT2D eigenvalue weighted by Gasteiger charge is 2.35. The number of unbranched alkanes of at least 4 members (excludes halogenated alkanes) is 1. The van der Waals surface area contributed by atoms with Gasteiger partial charge in [-0.25, -0.2) is 0 Å². The van der Waals surface area contributed by atoms with Gasteiger partial charge in [-0.05, 0) is 39.0 Å². The Morgan fingerprint density at radius 2 is 2.26 bits per heavy atom. The molecule has 0 atom stereocenters. The van der Waals surface area contributed by atoms with Crippen LogP contribution in [0.5, 0.6) is 0 Å². The summed E-state index contributed by atoms with van der Waals surface area (Å²) < 4.78 is 1.74. The second-order valence-corrected chi connectivity index (χ2v) is 6.02. The summed E-state index contributed by atoms with van der Waals surface area (Å²) in [5.41, 5.74) is 0.270. The molecule has 0 unspecified atom stereocenters. The first-order chi connectivity index (χ1) is 9.03. The second-order valence-electron chi connectivity index (χ2n) is 6.02. The van der Waals surface area contributed by atoms with Crippen LogP contribution < -0.4 is 5.32 Å². The molecule has 1 aliphatic carbocycles. The first-order valence-electron chi connectivity index (χ1n) is 7.25. The van der Waals surface area contributed by atoms with Crippen molar-refractivity contribution in [2.24, 2.45) is 5.92 Å². The predicted octanol–water partition coefficient (Wildman–Crippen LogP) is 2.39. The van der Waals surface area contributed by atoms with Crippen molar-refractivity contribution < 1.29 is 4.79 Å². The van der Waals surface area contributed by atoms with Crippen molar-refractivity contribution in [3.05, 3.63) is 11.9 Å². The normalized spacial score (nSPS) is 16.2. The summed E-state index contributed by atoms with van der Waals surface area (Å²) in [4.78, 5) is 12.2. The molecule has 0 radical (unpaired) electrons. The van der Waals surface area contributed by atoms with Crippen LogP contribution >= 0.6 is 0 Å². The van der Waals surface area contributed by atoms with E-state index < -0.39 is 0 Å². The average Bonchev–Trinajstić information content (AvgIpc) is 2.70. The lowest BCUT2D eigenvalue weighted by Crippen LogP contribution is -2.51. The minimum absolute atomic E-state index is 0.111. The zero-order valence-corrected chi connectivity index (χ0v) is 12.1. The summed E-state index contributed by atoms with van der Waals surface area (Å²) in [6.45, 7) is 7.14. The van der Waals surface area contributed by atoms with Crippen LogP contribution in [0, 0.1) is 5.92 Å². The van der Waals surface area contributed by atoms with Crippen molar-refractivity contribution >= 4 is 5.91 Å². The van der Waals surface area contributed by atoms with Gasteiger partial charge in [0.15, 0.2) is 5.69 Å². The lowest BCUT2D eigenvalue weighted by atomic mass is 9.72. The Hall–Kier alpha value is -1.39. The van der Waals surface area contributed by atoms with Crippen molar-refractivity contribution in [1.82, 2.24) is 20.3 Å². The number of nitrogens with one attached hydrogen (secondary N) is 1. The van der Waals surface area contributed by atoms with Crippen LogP contribution in [0.3, 0.4) is 0 Å². The van der Waals surface area contributed by atoms with E-state index in [2.05, 4.69) is 36.4 Å². The molecule has 1 aromatic rings. The molecule has 0 bridgehead atoms. The third-order valence-electron chi connectivity index (χ3n) is 4.07. The molecule has 1 amide bonds. The van der Waals surface area contributed by atoms with Gasteiger partial charge in [-0.3, -0.25) is 9.48 Å². The van der Waals surface area contributed by atoms with Gasteiger partial charge in [-0.1, -0.05) is 25.0 Å². The molecule has 0 saturated heterocycles. The summed E-state index contributed by atoms with van der Waals surface area (Å²) in [5.74, 6) is 0.478. The van der Waals surface area contributed by atoms with E-state index in [4.69, 9.17) is 0 Å². The molecule has 0 aromatic carbocycles. The van der Waals surface area contributed by atoms with E-state index in [1.807, 2.05) is 0 Å². The van der Waals surface area contributed by atoms with Crippen LogP contribution in [0.15, 0.2) is 6.20 Å². The molecule has 19 heavy (non-hydrogen) atoms. The van der Waals surface area contributed by atoms with Crippen molar-refractivity contribution in [3.63, 3.8) is 0 Å². The summed E-state index contributed by atoms with van der Waals surface area (Å²) in [7, 11) is 0. The summed E-state index contributed by atoms with van der Waals surface area (Å²) in [5, 5.41) is 11.0. The van der Waals surface area contributed by atoms with Crippen LogP contribution in [0.2, 0.25) is 0 Å². The van der Waals surface area contributed by atoms with Gasteiger partial charge in [-0.2, -0.15) is 0 Å². The van der Waals surface area contributed by atoms with Crippen LogP contribution in [0.4, 0.5) is 0 Å². The van der Waals surface area contributed by atoms with Gasteiger partial charge in [0.05, 0.1) is 6.20 Å². The zero-order chi connectivity index (χ0) is 13.9. The maximum atomic E-state index is 12.2. The van der Waals surface area contributed by atoms with Gasteiger partial charge in [0.2, 0.25) is 0 Å². The van der Waals surface area contributed by atoms with Crippen molar-refractivity contribution in [2.75, 3.05) is 0 Å². The maximum absolute atomic E-state index is 12.2. The maximum Gasteiger partial charge on any atom is 0.273 e. The second kappa shape index (κ2) is 5.72. The molecule has 1 saturated carbocycles. The first-order valence-corrected chi connectivity index (χ1v) is 7.25. The summed E-state index contributed by atoms with van der Waals surface area (Å²) in [6.07, 6.45) is 7.58. The van der Waals surface area contributed by atoms with Gasteiger partial charge >= 0.3 is 0 Å². The molecular weight excluding hydrogens is 240 g/mol. The number of nitrogens with zero attached hydrogens (tertiary/aromatic N) is 3. The zero-order valence-electron chi connectivity index (χ0n) is 12.1. The molecule has 1 N–H and O–H groups in total. The number of carbonyl (C=O) groups excluding carboxylic acids is 1. The van der Waals surface area contributed by atoms with Crippen LogP contribution in [-0.4, -0.2) is 26.4 Å². The van der Waals surface area contributed by atoms with E-state index in [9.17, 15) is 4.79 Å². The van der Waals surface area contributed by atoms with Crippen molar-refractivity contribution in [3.8, 4) is 0 Å². The number of hydrogen-bond donors (Lipinski definition) is 1. The van der Waals surface area contributed by atoms with Gasteiger partial charge in [0.1, 0.15) is 0 Å². The van der Waals surface area contributed by atoms with Crippen molar-refractivity contribution in [2.45, 2.75) is 65.0 Å². The SMILES string of the molecule is CCCCn1cc(C(=O)NC(C)(C)C2CCC2)nn1. The van der Waals surface area contributed by atoms with E-state index >= 15 is 0 Å². The Morgan fingerprint density at radius 3 is 2.84 bits per heavy atom. The molecule has 0 spiro atoms. The molecule has 106 valence electrons. The Kier molecular flexibility index (Phi) is 4.22. The quantitative estimate of drug-likeness (QED) is 0.858. The average molecular weight is 264 g/mol. The van der Waals surface area contributed by atoms with E-state index in [1.54, 1.807) is 10.9 Å². The van der Waals surface area contributed by atoms with E-state index in [-0.39, 0.29) is 11.4 Å². The minimum atomic E-state index is -0.150. The first kappa shape index (κ1) is 14.0. The third kappa shape index (κ3) is 3.33. The number of amides is 1. The molecule has 5 heteroatoms. The molecule has 2 rings (SSSR count). The minimum Gasteiger partial charge on any atom is -0.345 e. The lowest BCUT2D eigenvalue weighted by molar-refractivity contribution is 0.0821. The van der Waals surface area contributed by atoms with Crippen LogP contribution in [-0.2, 0) is 6.54 Å². The van der Waals surface area contributed by atoms with Gasteiger partial charge in [0, 0.05) is 12.1 Å². The standard InChI is InChI=1S/C14H24N4O/c1-4-5-9-18-10-12(16-17-18)13(19)15-14(2,3)11-7-6-8-11/h10-11H,4-9H2,1-3H3,(H,15,19). The topological polar surface area (TPSA) is 59.8 Å². The summed E-state index contributed by atoms with van der Waals surface area (Å²) in [6, 6.07) is 0. The largest absolute Gasteiger partial charge is 0.345 e.